The molecule has 141 valence electrons. The summed E-state index contributed by atoms with van der Waals surface area (Å²) in [5.74, 6) is -0.829. The van der Waals surface area contributed by atoms with Crippen molar-refractivity contribution in [2.24, 2.45) is 0 Å². The van der Waals surface area contributed by atoms with Crippen molar-refractivity contribution >= 4 is 28.8 Å². The highest BCUT2D eigenvalue weighted by Gasteiger charge is 2.33. The summed E-state index contributed by atoms with van der Waals surface area (Å²) < 4.78 is 68.3. The normalized spacial score (nSPS) is 11.9. The Morgan fingerprint density at radius 1 is 1.11 bits per heavy atom. The molecule has 2 aromatic carbocycles. The van der Waals surface area contributed by atoms with E-state index >= 15 is 0 Å². The molecule has 0 aliphatic carbocycles. The van der Waals surface area contributed by atoms with Crippen LogP contribution in [0, 0.1) is 5.82 Å². The molecule has 0 unspecified atom stereocenters. The average Bonchev–Trinajstić information content (AvgIpc) is 2.92. The first-order valence-electron chi connectivity index (χ1n) is 7.86. The summed E-state index contributed by atoms with van der Waals surface area (Å²) in [7, 11) is 0. The van der Waals surface area contributed by atoms with E-state index in [-0.39, 0.29) is 29.1 Å². The van der Waals surface area contributed by atoms with Crippen LogP contribution >= 0.6 is 11.6 Å². The van der Waals surface area contributed by atoms with Gasteiger partial charge in [0.15, 0.2) is 0 Å². The molecule has 1 aromatic heterocycles. The summed E-state index contributed by atoms with van der Waals surface area (Å²) in [6.45, 7) is -0.940. The van der Waals surface area contributed by atoms with Crippen LogP contribution in [0.1, 0.15) is 22.4 Å². The van der Waals surface area contributed by atoms with Crippen LogP contribution in [0.15, 0.2) is 36.4 Å². The molecular weight excluding hydrogens is 389 g/mol. The lowest BCUT2D eigenvalue weighted by molar-refractivity contribution is -0.138. The topological polar surface area (TPSA) is 22.0 Å². The van der Waals surface area contributed by atoms with Gasteiger partial charge in [0.2, 0.25) is 6.29 Å². The third-order valence-electron chi connectivity index (χ3n) is 4.24. The molecule has 0 saturated carbocycles. The number of hydrogen-bond acceptors (Lipinski definition) is 1. The Hall–Kier alpha value is -2.41. The maximum Gasteiger partial charge on any atom is 0.416 e. The van der Waals surface area contributed by atoms with Gasteiger partial charge in [-0.2, -0.15) is 13.2 Å². The van der Waals surface area contributed by atoms with E-state index in [9.17, 15) is 26.7 Å². The van der Waals surface area contributed by atoms with Crippen LogP contribution < -0.4 is 0 Å². The highest BCUT2D eigenvalue weighted by atomic mass is 35.5. The number of benzene rings is 2. The maximum atomic E-state index is 13.9. The number of nitrogens with zero attached hydrogens (tertiary/aromatic N) is 1. The first-order chi connectivity index (χ1) is 12.7. The number of hydrogen-bond donors (Lipinski definition) is 0. The molecular formula is C19H12ClF5NO. The second-order valence-electron chi connectivity index (χ2n) is 5.95. The van der Waals surface area contributed by atoms with Crippen LogP contribution in [0.5, 0.6) is 0 Å². The highest BCUT2D eigenvalue weighted by molar-refractivity contribution is 6.30. The summed E-state index contributed by atoms with van der Waals surface area (Å²) in [6.07, 6.45) is -3.31. The summed E-state index contributed by atoms with van der Waals surface area (Å²) in [6, 6.07) is 7.24. The van der Waals surface area contributed by atoms with Crippen molar-refractivity contribution in [3.8, 4) is 0 Å². The summed E-state index contributed by atoms with van der Waals surface area (Å²) in [4.78, 5) is 10.8. The number of aromatic nitrogens is 1. The average molecular weight is 401 g/mol. The molecule has 1 heterocycles. The summed E-state index contributed by atoms with van der Waals surface area (Å²) in [5, 5.41) is 0.365. The maximum absolute atomic E-state index is 13.9. The predicted molar refractivity (Wildman–Crippen MR) is 91.9 cm³/mol. The van der Waals surface area contributed by atoms with Crippen molar-refractivity contribution in [3.05, 3.63) is 69.6 Å². The van der Waals surface area contributed by atoms with Crippen LogP contribution in [0.3, 0.4) is 0 Å². The van der Waals surface area contributed by atoms with Crippen molar-refractivity contribution in [1.82, 2.24) is 4.57 Å². The van der Waals surface area contributed by atoms with Crippen molar-refractivity contribution in [2.75, 3.05) is 6.67 Å². The van der Waals surface area contributed by atoms with Gasteiger partial charge >= 0.3 is 6.18 Å². The number of rotatable bonds is 5. The second-order valence-corrected chi connectivity index (χ2v) is 6.38. The van der Waals surface area contributed by atoms with Gasteiger partial charge < -0.3 is 4.57 Å². The molecule has 0 saturated heterocycles. The SMILES string of the molecule is O=[C]c1cc2cc(Cc3ccc(Cl)cc3C(F)(F)F)n(CCF)c2cc1F. The zero-order valence-corrected chi connectivity index (χ0v) is 14.5. The number of alkyl halides is 4. The first kappa shape index (κ1) is 19.4. The molecule has 3 aromatic rings. The van der Waals surface area contributed by atoms with E-state index in [1.165, 1.54) is 35.1 Å². The van der Waals surface area contributed by atoms with E-state index in [0.29, 0.717) is 16.6 Å². The van der Waals surface area contributed by atoms with Crippen LogP contribution in [0.2, 0.25) is 5.02 Å². The minimum Gasteiger partial charge on any atom is -0.342 e. The zero-order valence-electron chi connectivity index (χ0n) is 13.7. The second kappa shape index (κ2) is 7.31. The first-order valence-corrected chi connectivity index (χ1v) is 8.23. The van der Waals surface area contributed by atoms with Crippen molar-refractivity contribution in [1.29, 1.82) is 0 Å². The zero-order chi connectivity index (χ0) is 19.8. The lowest BCUT2D eigenvalue weighted by atomic mass is 10.0. The van der Waals surface area contributed by atoms with Gasteiger partial charge in [-0.1, -0.05) is 17.7 Å². The fraction of sp³-hybridized carbons (Fsp3) is 0.211. The van der Waals surface area contributed by atoms with Gasteiger partial charge in [-0.05, 0) is 35.9 Å². The van der Waals surface area contributed by atoms with Crippen molar-refractivity contribution in [2.45, 2.75) is 19.1 Å². The summed E-state index contributed by atoms with van der Waals surface area (Å²) >= 11 is 5.69. The molecule has 27 heavy (non-hydrogen) atoms. The van der Waals surface area contributed by atoms with Gasteiger partial charge in [0, 0.05) is 22.5 Å². The Morgan fingerprint density at radius 2 is 1.85 bits per heavy atom. The predicted octanol–water partition coefficient (Wildman–Crippen LogP) is 5.47. The van der Waals surface area contributed by atoms with Crippen LogP contribution in [0.4, 0.5) is 22.0 Å². The quantitative estimate of drug-likeness (QED) is 0.520. The number of aryl methyl sites for hydroxylation is 1. The van der Waals surface area contributed by atoms with Crippen LogP contribution in [-0.4, -0.2) is 17.5 Å². The third-order valence-corrected chi connectivity index (χ3v) is 4.48. The highest BCUT2D eigenvalue weighted by Crippen LogP contribution is 2.35. The minimum absolute atomic E-state index is 0.0440. The molecule has 3 rings (SSSR count). The van der Waals surface area contributed by atoms with E-state index in [2.05, 4.69) is 0 Å². The van der Waals surface area contributed by atoms with Crippen LogP contribution in [0.25, 0.3) is 10.9 Å². The largest absolute Gasteiger partial charge is 0.416 e. The minimum atomic E-state index is -4.61. The third kappa shape index (κ3) is 3.83. The Labute approximate surface area is 156 Å². The molecule has 1 radical (unpaired) electrons. The van der Waals surface area contributed by atoms with Crippen LogP contribution in [-0.2, 0) is 23.9 Å². The molecule has 0 fully saturated rings. The van der Waals surface area contributed by atoms with E-state index in [1.54, 1.807) is 0 Å². The number of fused-ring (bicyclic) bond motifs is 1. The lowest BCUT2D eigenvalue weighted by Gasteiger charge is -2.15. The monoisotopic (exact) mass is 400 g/mol. The number of halogens is 6. The van der Waals surface area contributed by atoms with E-state index in [1.807, 2.05) is 0 Å². The van der Waals surface area contributed by atoms with Gasteiger partial charge in [-0.15, -0.1) is 0 Å². The van der Waals surface area contributed by atoms with Crippen molar-refractivity contribution in [3.63, 3.8) is 0 Å². The lowest BCUT2D eigenvalue weighted by Crippen LogP contribution is -2.11. The van der Waals surface area contributed by atoms with Gasteiger partial charge in [0.05, 0.1) is 23.2 Å². The molecule has 0 amide bonds. The van der Waals surface area contributed by atoms with Gasteiger partial charge in [-0.25, -0.2) is 8.78 Å². The molecule has 0 spiro atoms. The fourth-order valence-electron chi connectivity index (χ4n) is 3.08. The Bertz CT molecular complexity index is 1010. The van der Waals surface area contributed by atoms with Gasteiger partial charge in [-0.3, -0.25) is 4.79 Å². The Kier molecular flexibility index (Phi) is 5.24. The molecule has 8 heteroatoms. The fourth-order valence-corrected chi connectivity index (χ4v) is 3.25. The Balaban J connectivity index is 2.15. The molecule has 0 atom stereocenters. The molecule has 2 nitrogen and oxygen atoms in total. The molecule has 0 bridgehead atoms. The summed E-state index contributed by atoms with van der Waals surface area (Å²) in [5.41, 5.74) is -0.578. The molecule has 0 aliphatic rings. The van der Waals surface area contributed by atoms with Crippen molar-refractivity contribution < 1.29 is 26.7 Å². The molecule has 0 aliphatic heterocycles. The van der Waals surface area contributed by atoms with E-state index in [0.717, 1.165) is 12.1 Å². The Morgan fingerprint density at radius 3 is 2.48 bits per heavy atom. The molecule has 0 N–H and O–H groups in total. The number of carbonyl (C=O) groups excluding carboxylic acids is 1. The van der Waals surface area contributed by atoms with Gasteiger partial charge in [0.25, 0.3) is 0 Å². The van der Waals surface area contributed by atoms with E-state index < -0.39 is 24.2 Å². The van der Waals surface area contributed by atoms with E-state index in [4.69, 9.17) is 11.6 Å². The smallest absolute Gasteiger partial charge is 0.342 e. The standard InChI is InChI=1S/C19H12ClF5NO/c20-14-2-1-11(16(8-14)19(23,24)25)6-15-7-12-5-13(10-27)17(22)9-18(12)26(15)4-3-21/h1-2,5,7-9H,3-4,6H2. The van der Waals surface area contributed by atoms with Gasteiger partial charge in [0.1, 0.15) is 12.5 Å².